The predicted molar refractivity (Wildman–Crippen MR) is 74.9 cm³/mol. The first-order chi connectivity index (χ1) is 8.65. The van der Waals surface area contributed by atoms with Gasteiger partial charge in [0.1, 0.15) is 0 Å². The van der Waals surface area contributed by atoms with Gasteiger partial charge in [-0.3, -0.25) is 0 Å². The van der Waals surface area contributed by atoms with Crippen molar-refractivity contribution in [1.29, 1.82) is 0 Å². The second kappa shape index (κ2) is 6.49. The predicted octanol–water partition coefficient (Wildman–Crippen LogP) is -1.11. The van der Waals surface area contributed by atoms with Crippen LogP contribution in [-0.4, -0.2) is 76.7 Å². The Kier molecular flexibility index (Phi) is 5.75. The minimum Gasteiger partial charge on any atom is -0.312 e. The highest BCUT2D eigenvalue weighted by molar-refractivity contribution is 7.90. The summed E-state index contributed by atoms with van der Waals surface area (Å²) in [6.07, 6.45) is 0.126. The molecule has 1 atom stereocenters. The zero-order valence-corrected chi connectivity index (χ0v) is 13.3. The van der Waals surface area contributed by atoms with Gasteiger partial charge in [0, 0.05) is 39.8 Å². The molecule has 1 heterocycles. The van der Waals surface area contributed by atoms with Gasteiger partial charge in [-0.1, -0.05) is 0 Å². The van der Waals surface area contributed by atoms with Crippen molar-refractivity contribution < 1.29 is 16.8 Å². The molecule has 19 heavy (non-hydrogen) atoms. The quantitative estimate of drug-likeness (QED) is 0.672. The fourth-order valence-electron chi connectivity index (χ4n) is 1.88. The van der Waals surface area contributed by atoms with Crippen LogP contribution in [0, 0.1) is 0 Å². The Balaban J connectivity index is 2.52. The molecular weight excluding hydrogens is 290 g/mol. The molecule has 0 unspecified atom stereocenters. The van der Waals surface area contributed by atoms with Crippen LogP contribution in [0.5, 0.6) is 0 Å². The Labute approximate surface area is 116 Å². The topological polar surface area (TPSA) is 86.8 Å². The van der Waals surface area contributed by atoms with Crippen LogP contribution in [0.3, 0.4) is 0 Å². The van der Waals surface area contributed by atoms with Crippen LogP contribution >= 0.6 is 0 Å². The Morgan fingerprint density at radius 2 is 1.84 bits per heavy atom. The van der Waals surface area contributed by atoms with E-state index in [2.05, 4.69) is 5.32 Å². The van der Waals surface area contributed by atoms with Crippen LogP contribution in [0.2, 0.25) is 0 Å². The molecule has 0 radical (unpaired) electrons. The molecule has 0 aliphatic carbocycles. The number of sulfonamides is 2. The van der Waals surface area contributed by atoms with Crippen molar-refractivity contribution in [3.63, 3.8) is 0 Å². The van der Waals surface area contributed by atoms with Gasteiger partial charge in [-0.25, -0.2) is 21.1 Å². The molecule has 1 fully saturated rings. The molecule has 0 aromatic heterocycles. The lowest BCUT2D eigenvalue weighted by Gasteiger charge is -2.31. The average Bonchev–Trinajstić information content (AvgIpc) is 2.28. The summed E-state index contributed by atoms with van der Waals surface area (Å²) in [6.45, 7) is 3.46. The Morgan fingerprint density at radius 1 is 1.21 bits per heavy atom. The number of piperazine rings is 1. The van der Waals surface area contributed by atoms with Gasteiger partial charge in [0.2, 0.25) is 20.0 Å². The second-order valence-corrected chi connectivity index (χ2v) is 9.37. The largest absolute Gasteiger partial charge is 0.312 e. The molecule has 0 aromatic rings. The Morgan fingerprint density at radius 3 is 2.37 bits per heavy atom. The summed E-state index contributed by atoms with van der Waals surface area (Å²) in [7, 11) is -3.79. The number of nitrogens with zero attached hydrogens (tertiary/aromatic N) is 2. The lowest BCUT2D eigenvalue weighted by molar-refractivity contribution is 0.310. The SMILES string of the molecule is C[C@@H]1CN(S(=O)(=O)CCCS(=O)(=O)N(C)C)CCN1. The first kappa shape index (κ1) is 16.8. The van der Waals surface area contributed by atoms with E-state index >= 15 is 0 Å². The fourth-order valence-corrected chi connectivity index (χ4v) is 4.53. The molecule has 0 spiro atoms. The van der Waals surface area contributed by atoms with E-state index < -0.39 is 20.0 Å². The minimum atomic E-state index is -3.35. The number of hydrogen-bond acceptors (Lipinski definition) is 5. The smallest absolute Gasteiger partial charge is 0.214 e. The summed E-state index contributed by atoms with van der Waals surface area (Å²) in [6, 6.07) is 0.133. The maximum atomic E-state index is 12.1. The summed E-state index contributed by atoms with van der Waals surface area (Å²) >= 11 is 0. The molecule has 9 heteroatoms. The summed E-state index contributed by atoms with van der Waals surface area (Å²) in [5.41, 5.74) is 0. The minimum absolute atomic E-state index is 0.118. The molecule has 1 N–H and O–H groups in total. The lowest BCUT2D eigenvalue weighted by atomic mass is 10.3. The molecular formula is C10H23N3O4S2. The van der Waals surface area contributed by atoms with Gasteiger partial charge in [-0.2, -0.15) is 4.31 Å². The van der Waals surface area contributed by atoms with Crippen LogP contribution in [-0.2, 0) is 20.0 Å². The van der Waals surface area contributed by atoms with E-state index in [1.807, 2.05) is 6.92 Å². The van der Waals surface area contributed by atoms with Crippen molar-refractivity contribution in [2.75, 3.05) is 45.2 Å². The molecule has 7 nitrogen and oxygen atoms in total. The molecule has 114 valence electrons. The number of hydrogen-bond donors (Lipinski definition) is 1. The van der Waals surface area contributed by atoms with Crippen molar-refractivity contribution in [3.05, 3.63) is 0 Å². The van der Waals surface area contributed by atoms with Gasteiger partial charge < -0.3 is 5.32 Å². The molecule has 0 aromatic carbocycles. The van der Waals surface area contributed by atoms with Crippen molar-refractivity contribution in [3.8, 4) is 0 Å². The fraction of sp³-hybridized carbons (Fsp3) is 1.00. The normalized spacial score (nSPS) is 22.8. The highest BCUT2D eigenvalue weighted by Crippen LogP contribution is 2.09. The zero-order valence-electron chi connectivity index (χ0n) is 11.7. The van der Waals surface area contributed by atoms with E-state index in [9.17, 15) is 16.8 Å². The molecule has 1 aliphatic heterocycles. The summed E-state index contributed by atoms with van der Waals surface area (Å²) in [5.74, 6) is -0.256. The third kappa shape index (κ3) is 4.99. The van der Waals surface area contributed by atoms with Crippen molar-refractivity contribution in [2.24, 2.45) is 0 Å². The highest BCUT2D eigenvalue weighted by Gasteiger charge is 2.27. The summed E-state index contributed by atoms with van der Waals surface area (Å²) in [4.78, 5) is 0. The van der Waals surface area contributed by atoms with Gasteiger partial charge in [0.05, 0.1) is 11.5 Å². The van der Waals surface area contributed by atoms with Crippen molar-refractivity contribution >= 4 is 20.0 Å². The summed E-state index contributed by atoms with van der Waals surface area (Å²) < 4.78 is 49.8. The second-order valence-electron chi connectivity index (χ2n) is 4.98. The van der Waals surface area contributed by atoms with E-state index in [1.165, 1.54) is 18.4 Å². The first-order valence-corrected chi connectivity index (χ1v) is 9.48. The Bertz CT molecular complexity index is 487. The standard InChI is InChI=1S/C10H23N3O4S2/c1-10-9-13(6-5-11-10)19(16,17)8-4-7-18(14,15)12(2)3/h10-11H,4-9H2,1-3H3/t10-/m1/s1. The van der Waals surface area contributed by atoms with Gasteiger partial charge >= 0.3 is 0 Å². The van der Waals surface area contributed by atoms with E-state index in [1.54, 1.807) is 0 Å². The zero-order chi connectivity index (χ0) is 14.7. The highest BCUT2D eigenvalue weighted by atomic mass is 32.2. The molecule has 1 saturated heterocycles. The third-order valence-corrected chi connectivity index (χ3v) is 6.93. The van der Waals surface area contributed by atoms with E-state index in [0.29, 0.717) is 19.6 Å². The lowest BCUT2D eigenvalue weighted by Crippen LogP contribution is -2.51. The number of nitrogens with one attached hydrogen (secondary N) is 1. The molecule has 1 rings (SSSR count). The molecule has 0 amide bonds. The molecule has 0 bridgehead atoms. The van der Waals surface area contributed by atoms with Gasteiger partial charge in [-0.15, -0.1) is 0 Å². The van der Waals surface area contributed by atoms with Crippen LogP contribution < -0.4 is 5.32 Å². The van der Waals surface area contributed by atoms with Crippen LogP contribution in [0.25, 0.3) is 0 Å². The van der Waals surface area contributed by atoms with Gasteiger partial charge in [0.25, 0.3) is 0 Å². The van der Waals surface area contributed by atoms with Crippen molar-refractivity contribution in [1.82, 2.24) is 13.9 Å². The van der Waals surface area contributed by atoms with E-state index in [0.717, 1.165) is 4.31 Å². The monoisotopic (exact) mass is 313 g/mol. The van der Waals surface area contributed by atoms with E-state index in [4.69, 9.17) is 0 Å². The average molecular weight is 313 g/mol. The molecule has 1 aliphatic rings. The maximum Gasteiger partial charge on any atom is 0.214 e. The first-order valence-electron chi connectivity index (χ1n) is 6.26. The van der Waals surface area contributed by atoms with Crippen LogP contribution in [0.15, 0.2) is 0 Å². The Hall–Kier alpha value is -0.220. The van der Waals surface area contributed by atoms with Crippen molar-refractivity contribution in [2.45, 2.75) is 19.4 Å². The van der Waals surface area contributed by atoms with Crippen LogP contribution in [0.1, 0.15) is 13.3 Å². The maximum absolute atomic E-state index is 12.1. The van der Waals surface area contributed by atoms with Gasteiger partial charge in [0.15, 0.2) is 0 Å². The molecule has 0 saturated carbocycles. The number of rotatable bonds is 6. The van der Waals surface area contributed by atoms with Gasteiger partial charge in [-0.05, 0) is 13.3 Å². The van der Waals surface area contributed by atoms with Crippen LogP contribution in [0.4, 0.5) is 0 Å². The van der Waals surface area contributed by atoms with E-state index in [-0.39, 0.29) is 24.0 Å². The summed E-state index contributed by atoms with van der Waals surface area (Å²) in [5, 5.41) is 3.17. The third-order valence-electron chi connectivity index (χ3n) is 3.09.